The van der Waals surface area contributed by atoms with Gasteiger partial charge in [0.2, 0.25) is 11.8 Å². The highest BCUT2D eigenvalue weighted by Crippen LogP contribution is 2.71. The Kier molecular flexibility index (Phi) is 10.8. The molecule has 4 saturated heterocycles. The van der Waals surface area contributed by atoms with Gasteiger partial charge in [-0.15, -0.1) is 0 Å². The molecule has 0 radical (unpaired) electrons. The number of likely N-dealkylation sites (tertiary alicyclic amines) is 2. The molecule has 7 heterocycles. The van der Waals surface area contributed by atoms with Crippen LogP contribution in [0, 0.1) is 11.8 Å². The van der Waals surface area contributed by atoms with E-state index in [0.29, 0.717) is 11.4 Å². The van der Waals surface area contributed by atoms with Crippen LogP contribution in [0.1, 0.15) is 107 Å². The second kappa shape index (κ2) is 15.9. The Morgan fingerprint density at radius 2 is 1.08 bits per heavy atom. The first-order chi connectivity index (χ1) is 30.7. The van der Waals surface area contributed by atoms with Crippen molar-refractivity contribution in [3.8, 4) is 33.6 Å². The van der Waals surface area contributed by atoms with E-state index in [1.807, 2.05) is 30.3 Å². The van der Waals surface area contributed by atoms with Crippen LogP contribution in [0.4, 0.5) is 27.2 Å². The van der Waals surface area contributed by atoms with Crippen LogP contribution in [0.25, 0.3) is 33.6 Å². The molecule has 4 N–H and O–H groups in total. The lowest BCUT2D eigenvalue weighted by Gasteiger charge is -2.65. The third kappa shape index (κ3) is 7.58. The lowest BCUT2D eigenvalue weighted by molar-refractivity contribution is -0.177. The number of fused-ring (bicyclic) bond motifs is 3. The van der Waals surface area contributed by atoms with E-state index in [-0.39, 0.29) is 29.3 Å². The van der Waals surface area contributed by atoms with E-state index in [4.69, 9.17) is 4.74 Å². The second-order valence-electron chi connectivity index (χ2n) is 19.1. The number of ether oxygens (including phenoxy) is 2. The monoisotopic (exact) mass is 903 g/mol. The fourth-order valence-electron chi connectivity index (χ4n) is 10.9. The van der Waals surface area contributed by atoms with Crippen molar-refractivity contribution in [3.05, 3.63) is 71.6 Å². The molecule has 9 rings (SSSR count). The molecule has 4 aromatic rings. The number of carbonyl (C=O) groups excluding carboxylic acids is 4. The summed E-state index contributed by atoms with van der Waals surface area (Å²) < 4.78 is 69.5. The van der Waals surface area contributed by atoms with E-state index in [1.54, 1.807) is 40.1 Å². The minimum atomic E-state index is -3.17. The fourth-order valence-corrected chi connectivity index (χ4v) is 10.9. The van der Waals surface area contributed by atoms with Crippen molar-refractivity contribution in [2.24, 2.45) is 11.8 Å². The van der Waals surface area contributed by atoms with E-state index in [1.165, 1.54) is 12.7 Å². The topological polar surface area (TPSA) is 178 Å². The molecule has 19 heteroatoms. The predicted octanol–water partition coefficient (Wildman–Crippen LogP) is 7.68. The number of nitrogens with zero attached hydrogens (tertiary/aromatic N) is 5. The number of methoxy groups -OCH3 is 2. The molecule has 0 bridgehead atoms. The van der Waals surface area contributed by atoms with Crippen LogP contribution in [0.5, 0.6) is 0 Å². The van der Waals surface area contributed by atoms with Crippen LogP contribution in [-0.2, 0) is 19.1 Å². The maximum atomic E-state index is 15.1. The highest BCUT2D eigenvalue weighted by atomic mass is 19.3. The molecule has 346 valence electrons. The molecular weight excluding hydrogens is 851 g/mol. The average molecular weight is 904 g/mol. The first-order valence-corrected chi connectivity index (χ1v) is 21.9. The number of H-pyrrole nitrogens is 2. The van der Waals surface area contributed by atoms with Gasteiger partial charge in [0.1, 0.15) is 23.7 Å². The van der Waals surface area contributed by atoms with E-state index in [9.17, 15) is 28.0 Å². The number of alkyl carbamates (subject to hydrolysis) is 2. The zero-order chi connectivity index (χ0) is 46.5. The minimum absolute atomic E-state index is 0.0860. The Morgan fingerprint density at radius 1 is 0.646 bits per heavy atom. The molecule has 4 fully saturated rings. The maximum Gasteiger partial charge on any atom is 0.407 e. The van der Waals surface area contributed by atoms with E-state index in [0.717, 1.165) is 57.6 Å². The highest BCUT2D eigenvalue weighted by Gasteiger charge is 2.66. The number of aromatic nitrogens is 4. The number of hydrogen-bond donors (Lipinski definition) is 4. The predicted molar refractivity (Wildman–Crippen MR) is 228 cm³/mol. The van der Waals surface area contributed by atoms with Crippen LogP contribution in [-0.4, -0.2) is 115 Å². The Labute approximate surface area is 373 Å². The number of benzene rings is 2. The van der Waals surface area contributed by atoms with Crippen molar-refractivity contribution >= 4 is 24.0 Å². The molecule has 65 heavy (non-hydrogen) atoms. The number of piperidine rings is 1. The molecule has 0 saturated carbocycles. The third-order valence-corrected chi connectivity index (χ3v) is 14.0. The Bertz CT molecular complexity index is 2540. The summed E-state index contributed by atoms with van der Waals surface area (Å²) in [6.45, 7) is 7.50. The zero-order valence-corrected chi connectivity index (χ0v) is 37.2. The van der Waals surface area contributed by atoms with Crippen molar-refractivity contribution in [2.75, 3.05) is 27.3 Å². The molecule has 0 spiro atoms. The Hall–Kier alpha value is -5.98. The first-order valence-electron chi connectivity index (χ1n) is 21.9. The van der Waals surface area contributed by atoms with Crippen LogP contribution >= 0.6 is 0 Å². The first kappa shape index (κ1) is 44.2. The number of halogens is 4. The highest BCUT2D eigenvalue weighted by molar-refractivity contribution is 5.88. The van der Waals surface area contributed by atoms with Gasteiger partial charge in [0.15, 0.2) is 0 Å². The molecule has 7 atom stereocenters. The fraction of sp³-hybridized carbons (Fsp3) is 0.522. The molecule has 0 aliphatic carbocycles. The van der Waals surface area contributed by atoms with Gasteiger partial charge in [-0.2, -0.15) is 0 Å². The van der Waals surface area contributed by atoms with Gasteiger partial charge in [0, 0.05) is 36.0 Å². The molecule has 3 unspecified atom stereocenters. The molecule has 2 aromatic carbocycles. The van der Waals surface area contributed by atoms with Crippen molar-refractivity contribution in [1.82, 2.24) is 45.3 Å². The van der Waals surface area contributed by atoms with Gasteiger partial charge < -0.3 is 39.9 Å². The van der Waals surface area contributed by atoms with Crippen molar-refractivity contribution in [1.29, 1.82) is 0 Å². The largest absolute Gasteiger partial charge is 0.453 e. The SMILES string of the molecule is COC(=O)N[C@H](C(=O)N1CC(F)(F)C[C@H]1c1ncc(-c2ccc(-c3ccc(-c4cnc([C@@H]5CC(F)(F)CN5C(=O)[C@@H](NC(=O)OC)C(C)C)[nH]4)c4c3C3CC5(C)CC4N35)cc2)[nH]1)C(C)C. The summed E-state index contributed by atoms with van der Waals surface area (Å²) in [5, 5.41) is 4.99. The lowest BCUT2D eigenvalue weighted by atomic mass is 9.68. The molecule has 2 aromatic heterocycles. The van der Waals surface area contributed by atoms with E-state index >= 15 is 8.78 Å². The number of carbonyl (C=O) groups is 4. The Balaban J connectivity index is 0.987. The van der Waals surface area contributed by atoms with E-state index in [2.05, 4.69) is 53.2 Å². The summed E-state index contributed by atoms with van der Waals surface area (Å²) >= 11 is 0. The standard InChI is InChI=1S/C46H53F4N9O6/c1-22(2)36(55-42(62)64-6)40(60)57-20-45(47,48)16-32(57)38-51-18-28(53-38)25-10-8-24(9-11-25)26-12-13-27(35-31-15-44(5)14-30(34(26)35)59(31)44)29-19-52-39(54-29)33-17-46(49,50)21-58(33)41(61)37(23(3)4)56-43(63)65-7/h8-13,18-19,22-23,30-33,36-37H,14-17,20-21H2,1-7H3,(H,51,53)(H,52,54)(H,55,62)(H,56,63)/t30?,31?,32-,33-,36-,37-,44?/m0/s1. The Morgan fingerprint density at radius 3 is 1.54 bits per heavy atom. The molecule has 15 nitrogen and oxygen atoms in total. The summed E-state index contributed by atoms with van der Waals surface area (Å²) in [4.78, 5) is 71.8. The number of aromatic amines is 2. The molecule has 5 aliphatic rings. The minimum Gasteiger partial charge on any atom is -0.453 e. The normalized spacial score (nSPS) is 25.7. The zero-order valence-electron chi connectivity index (χ0n) is 37.2. The van der Waals surface area contributed by atoms with Gasteiger partial charge in [-0.3, -0.25) is 14.5 Å². The summed E-state index contributed by atoms with van der Waals surface area (Å²) in [6.07, 6.45) is 2.23. The number of imidazole rings is 2. The van der Waals surface area contributed by atoms with Crippen LogP contribution in [0.15, 0.2) is 48.8 Å². The van der Waals surface area contributed by atoms with E-state index < -0.39 is 97.8 Å². The smallest absolute Gasteiger partial charge is 0.407 e. The summed E-state index contributed by atoms with van der Waals surface area (Å²) in [5.74, 6) is -7.98. The summed E-state index contributed by atoms with van der Waals surface area (Å²) in [5.41, 5.74) is 7.35. The number of nitrogens with one attached hydrogen (secondary N) is 4. The van der Waals surface area contributed by atoms with Gasteiger partial charge in [0.25, 0.3) is 11.8 Å². The number of alkyl halides is 4. The van der Waals surface area contributed by atoms with Crippen molar-refractivity contribution in [3.63, 3.8) is 0 Å². The molecule has 5 aliphatic heterocycles. The lowest BCUT2D eigenvalue weighted by Crippen LogP contribution is -2.66. The van der Waals surface area contributed by atoms with Crippen LogP contribution in [0.2, 0.25) is 0 Å². The number of hydrogen-bond acceptors (Lipinski definition) is 9. The summed E-state index contributed by atoms with van der Waals surface area (Å²) in [6, 6.07) is 8.04. The van der Waals surface area contributed by atoms with Crippen LogP contribution in [0.3, 0.4) is 0 Å². The third-order valence-electron chi connectivity index (χ3n) is 14.0. The second-order valence-corrected chi connectivity index (χ2v) is 19.1. The van der Waals surface area contributed by atoms with Crippen LogP contribution < -0.4 is 10.6 Å². The van der Waals surface area contributed by atoms with Crippen molar-refractivity contribution < 1.29 is 46.2 Å². The van der Waals surface area contributed by atoms with Gasteiger partial charge in [-0.05, 0) is 59.4 Å². The van der Waals surface area contributed by atoms with Crippen molar-refractivity contribution in [2.45, 2.75) is 114 Å². The van der Waals surface area contributed by atoms with Gasteiger partial charge in [-0.1, -0.05) is 64.1 Å². The molecular formula is C46H53F4N9O6. The van der Waals surface area contributed by atoms with Gasteiger partial charge in [0.05, 0.1) is 63.2 Å². The quantitative estimate of drug-likeness (QED) is 0.110. The molecule has 4 amide bonds. The van der Waals surface area contributed by atoms with Gasteiger partial charge in [-0.25, -0.2) is 37.1 Å². The average Bonchev–Trinajstić information content (AvgIpc) is 4.08. The summed E-state index contributed by atoms with van der Waals surface area (Å²) in [7, 11) is 2.34. The van der Waals surface area contributed by atoms with Gasteiger partial charge >= 0.3 is 12.2 Å². The maximum absolute atomic E-state index is 15.1. The number of amides is 4. The number of rotatable bonds is 11.